The number of aromatic nitrogens is 1. The summed E-state index contributed by atoms with van der Waals surface area (Å²) in [5.74, 6) is -0.444. The van der Waals surface area contributed by atoms with Crippen molar-refractivity contribution in [1.29, 1.82) is 0 Å². The van der Waals surface area contributed by atoms with Gasteiger partial charge in [0.15, 0.2) is 0 Å². The summed E-state index contributed by atoms with van der Waals surface area (Å²) >= 11 is 0. The number of carbonyl (C=O) groups is 1. The van der Waals surface area contributed by atoms with Crippen LogP contribution in [0, 0.1) is 5.41 Å². The number of methoxy groups -OCH3 is 1. The van der Waals surface area contributed by atoms with Crippen LogP contribution in [0.4, 0.5) is 0 Å². The molecule has 0 bridgehead atoms. The van der Waals surface area contributed by atoms with Crippen molar-refractivity contribution in [2.45, 2.75) is 24.2 Å². The van der Waals surface area contributed by atoms with Crippen LogP contribution in [0.1, 0.15) is 19.3 Å². The average molecular weight is 334 g/mol. The number of hydrogen-bond acceptors (Lipinski definition) is 5. The summed E-state index contributed by atoms with van der Waals surface area (Å²) in [6.07, 6.45) is 5.04. The predicted octanol–water partition coefficient (Wildman–Crippen LogP) is 1.86. The smallest absolute Gasteiger partial charge is 0.264 e. The van der Waals surface area contributed by atoms with Crippen LogP contribution in [0.3, 0.4) is 0 Å². The van der Waals surface area contributed by atoms with Gasteiger partial charge in [-0.05, 0) is 31.4 Å². The lowest BCUT2D eigenvalue weighted by molar-refractivity contribution is -0.125. The highest BCUT2D eigenvalue weighted by atomic mass is 32.2. The normalized spacial score (nSPS) is 16.2. The van der Waals surface area contributed by atoms with E-state index < -0.39 is 21.3 Å². The predicted molar refractivity (Wildman–Crippen MR) is 85.2 cm³/mol. The third-order valence-corrected chi connectivity index (χ3v) is 5.67. The van der Waals surface area contributed by atoms with E-state index in [0.717, 1.165) is 0 Å². The number of hydrogen-bond donors (Lipinski definition) is 1. The Morgan fingerprint density at radius 1 is 1.35 bits per heavy atom. The van der Waals surface area contributed by atoms with E-state index in [9.17, 15) is 13.2 Å². The van der Waals surface area contributed by atoms with Gasteiger partial charge in [0, 0.05) is 36.9 Å². The fourth-order valence-electron chi connectivity index (χ4n) is 2.65. The van der Waals surface area contributed by atoms with Crippen molar-refractivity contribution in [2.75, 3.05) is 13.7 Å². The van der Waals surface area contributed by atoms with E-state index in [1.807, 2.05) is 0 Å². The van der Waals surface area contributed by atoms with Gasteiger partial charge in [-0.2, -0.15) is 0 Å². The maximum Gasteiger partial charge on any atom is 0.264 e. The number of pyridine rings is 1. The highest BCUT2D eigenvalue weighted by molar-refractivity contribution is 7.90. The van der Waals surface area contributed by atoms with E-state index in [0.29, 0.717) is 36.6 Å². The van der Waals surface area contributed by atoms with Crippen molar-refractivity contribution in [3.63, 3.8) is 0 Å². The second-order valence-corrected chi connectivity index (χ2v) is 7.46. The first-order chi connectivity index (χ1) is 11.0. The van der Waals surface area contributed by atoms with Crippen LogP contribution >= 0.6 is 0 Å². The molecule has 1 N–H and O–H groups in total. The molecule has 1 saturated carbocycles. The fourth-order valence-corrected chi connectivity index (χ4v) is 3.96. The Morgan fingerprint density at radius 3 is 2.83 bits per heavy atom. The molecule has 7 heteroatoms. The first kappa shape index (κ1) is 15.9. The van der Waals surface area contributed by atoms with E-state index >= 15 is 0 Å². The second-order valence-electron chi connectivity index (χ2n) is 5.81. The quantitative estimate of drug-likeness (QED) is 0.871. The molecule has 122 valence electrons. The van der Waals surface area contributed by atoms with Crippen LogP contribution < -0.4 is 4.72 Å². The standard InChI is InChI=1S/C16H18N2O4S/c1-22-10-8-16(6-7-16)15(19)18-23(20,21)14-4-2-3-12-11-17-9-5-13(12)14/h2-5,9,11H,6-8,10H2,1H3,(H,18,19). The number of carbonyl (C=O) groups excluding carboxylic acids is 1. The number of sulfonamides is 1. The summed E-state index contributed by atoms with van der Waals surface area (Å²) in [5.41, 5.74) is -0.602. The number of ether oxygens (including phenoxy) is 1. The van der Waals surface area contributed by atoms with Gasteiger partial charge in [-0.1, -0.05) is 12.1 Å². The number of benzene rings is 1. The molecule has 23 heavy (non-hydrogen) atoms. The van der Waals surface area contributed by atoms with Crippen LogP contribution in [0.25, 0.3) is 10.8 Å². The molecule has 1 aliphatic rings. The Hall–Kier alpha value is -1.99. The monoisotopic (exact) mass is 334 g/mol. The van der Waals surface area contributed by atoms with Crippen molar-refractivity contribution >= 4 is 26.7 Å². The Balaban J connectivity index is 1.88. The van der Waals surface area contributed by atoms with Crippen molar-refractivity contribution in [2.24, 2.45) is 5.41 Å². The Morgan fingerprint density at radius 2 is 2.13 bits per heavy atom. The Kier molecular flexibility index (Phi) is 4.08. The van der Waals surface area contributed by atoms with E-state index in [2.05, 4.69) is 9.71 Å². The third-order valence-electron chi connectivity index (χ3n) is 4.28. The third kappa shape index (κ3) is 3.07. The molecule has 0 radical (unpaired) electrons. The Labute approximate surface area is 134 Å². The molecule has 0 saturated heterocycles. The molecule has 1 amide bonds. The van der Waals surface area contributed by atoms with E-state index in [4.69, 9.17) is 4.74 Å². The van der Waals surface area contributed by atoms with E-state index in [1.54, 1.807) is 31.5 Å². The van der Waals surface area contributed by atoms with Gasteiger partial charge in [0.25, 0.3) is 10.0 Å². The zero-order valence-corrected chi connectivity index (χ0v) is 13.6. The zero-order chi connectivity index (χ0) is 16.5. The number of rotatable bonds is 6. The van der Waals surface area contributed by atoms with Crippen molar-refractivity contribution in [3.8, 4) is 0 Å². The molecular weight excluding hydrogens is 316 g/mol. The minimum absolute atomic E-state index is 0.0910. The summed E-state index contributed by atoms with van der Waals surface area (Å²) in [6, 6.07) is 6.55. The highest BCUT2D eigenvalue weighted by Gasteiger charge is 2.50. The summed E-state index contributed by atoms with van der Waals surface area (Å²) < 4.78 is 32.5. The van der Waals surface area contributed by atoms with Crippen molar-refractivity contribution < 1.29 is 17.9 Å². The molecule has 3 rings (SSSR count). The molecule has 2 aromatic rings. The molecule has 0 spiro atoms. The first-order valence-electron chi connectivity index (χ1n) is 7.37. The Bertz CT molecular complexity index is 839. The van der Waals surface area contributed by atoms with Gasteiger partial charge in [-0.3, -0.25) is 9.78 Å². The van der Waals surface area contributed by atoms with Crippen LogP contribution in [-0.4, -0.2) is 33.0 Å². The topological polar surface area (TPSA) is 85.4 Å². The molecule has 1 aliphatic carbocycles. The van der Waals surface area contributed by atoms with Gasteiger partial charge in [0.05, 0.1) is 10.3 Å². The van der Waals surface area contributed by atoms with Gasteiger partial charge in [0.2, 0.25) is 5.91 Å². The van der Waals surface area contributed by atoms with E-state index in [1.165, 1.54) is 12.3 Å². The highest BCUT2D eigenvalue weighted by Crippen LogP contribution is 2.49. The molecule has 0 atom stereocenters. The molecule has 6 nitrogen and oxygen atoms in total. The maximum atomic E-state index is 12.6. The summed E-state index contributed by atoms with van der Waals surface area (Å²) in [6.45, 7) is 0.438. The summed E-state index contributed by atoms with van der Waals surface area (Å²) in [7, 11) is -2.36. The number of fused-ring (bicyclic) bond motifs is 1. The molecule has 0 aliphatic heterocycles. The SMILES string of the molecule is COCCC1(C(=O)NS(=O)(=O)c2cccc3cnccc23)CC1. The van der Waals surface area contributed by atoms with Gasteiger partial charge in [-0.15, -0.1) is 0 Å². The van der Waals surface area contributed by atoms with Gasteiger partial charge in [-0.25, -0.2) is 13.1 Å². The van der Waals surface area contributed by atoms with Crippen LogP contribution in [0.15, 0.2) is 41.6 Å². The second kappa shape index (κ2) is 5.90. The molecule has 1 heterocycles. The lowest BCUT2D eigenvalue weighted by atomic mass is 10.0. The lowest BCUT2D eigenvalue weighted by Crippen LogP contribution is -2.37. The zero-order valence-electron chi connectivity index (χ0n) is 12.8. The van der Waals surface area contributed by atoms with E-state index in [-0.39, 0.29) is 4.90 Å². The number of nitrogens with zero attached hydrogens (tertiary/aromatic N) is 1. The van der Waals surface area contributed by atoms with Gasteiger partial charge in [0.1, 0.15) is 0 Å². The van der Waals surface area contributed by atoms with Crippen LogP contribution in [0.5, 0.6) is 0 Å². The van der Waals surface area contributed by atoms with Crippen molar-refractivity contribution in [1.82, 2.24) is 9.71 Å². The molecule has 1 aromatic heterocycles. The van der Waals surface area contributed by atoms with Gasteiger partial charge >= 0.3 is 0 Å². The average Bonchev–Trinajstić information content (AvgIpc) is 3.33. The summed E-state index contributed by atoms with van der Waals surface area (Å²) in [5, 5.41) is 1.26. The lowest BCUT2D eigenvalue weighted by Gasteiger charge is -2.15. The van der Waals surface area contributed by atoms with Crippen molar-refractivity contribution in [3.05, 3.63) is 36.7 Å². The molecular formula is C16H18N2O4S. The fraction of sp³-hybridized carbons (Fsp3) is 0.375. The number of amides is 1. The van der Waals surface area contributed by atoms with Crippen LogP contribution in [-0.2, 0) is 19.6 Å². The summed E-state index contributed by atoms with van der Waals surface area (Å²) in [4.78, 5) is 16.5. The number of nitrogens with one attached hydrogen (secondary N) is 1. The minimum Gasteiger partial charge on any atom is -0.385 e. The molecule has 1 aromatic carbocycles. The first-order valence-corrected chi connectivity index (χ1v) is 8.86. The minimum atomic E-state index is -3.92. The molecule has 0 unspecified atom stereocenters. The maximum absolute atomic E-state index is 12.6. The van der Waals surface area contributed by atoms with Gasteiger partial charge < -0.3 is 4.74 Å². The largest absolute Gasteiger partial charge is 0.385 e. The van der Waals surface area contributed by atoms with Crippen LogP contribution in [0.2, 0.25) is 0 Å². The molecule has 1 fully saturated rings.